The second kappa shape index (κ2) is 5.85. The van der Waals surface area contributed by atoms with Crippen LogP contribution in [-0.4, -0.2) is 16.3 Å². The highest BCUT2D eigenvalue weighted by Crippen LogP contribution is 2.34. The molecule has 0 amide bonds. The van der Waals surface area contributed by atoms with Crippen molar-refractivity contribution in [3.05, 3.63) is 46.7 Å². The molecule has 7 heteroatoms. The van der Waals surface area contributed by atoms with E-state index in [0.717, 1.165) is 4.68 Å². The van der Waals surface area contributed by atoms with Crippen molar-refractivity contribution < 1.29 is 13.2 Å². The van der Waals surface area contributed by atoms with Crippen LogP contribution in [0, 0.1) is 0 Å². The predicted octanol–water partition coefficient (Wildman–Crippen LogP) is 3.65. The average Bonchev–Trinajstić information content (AvgIpc) is 2.80. The maximum absolute atomic E-state index is 13.3. The summed E-state index contributed by atoms with van der Waals surface area (Å²) in [4.78, 5) is 0. The molecule has 0 bridgehead atoms. The van der Waals surface area contributed by atoms with Crippen molar-refractivity contribution >= 4 is 11.6 Å². The van der Waals surface area contributed by atoms with Gasteiger partial charge < -0.3 is 5.32 Å². The number of benzene rings is 1. The number of nitrogens with zero attached hydrogens (tertiary/aromatic N) is 2. The van der Waals surface area contributed by atoms with E-state index in [2.05, 4.69) is 10.4 Å². The Morgan fingerprint density at radius 2 is 2.00 bits per heavy atom. The van der Waals surface area contributed by atoms with Gasteiger partial charge in [-0.3, -0.25) is 0 Å². The fourth-order valence-corrected chi connectivity index (χ4v) is 2.10. The average molecular weight is 304 g/mol. The molecular formula is C13H13ClF3N3. The highest BCUT2D eigenvalue weighted by atomic mass is 35.5. The van der Waals surface area contributed by atoms with Crippen LogP contribution in [0.2, 0.25) is 5.02 Å². The quantitative estimate of drug-likeness (QED) is 0.934. The maximum atomic E-state index is 13.3. The van der Waals surface area contributed by atoms with Crippen molar-refractivity contribution in [3.63, 3.8) is 0 Å². The van der Waals surface area contributed by atoms with Gasteiger partial charge in [-0.25, -0.2) is 4.68 Å². The van der Waals surface area contributed by atoms with Crippen LogP contribution in [0.25, 0.3) is 5.69 Å². The second-order valence-electron chi connectivity index (χ2n) is 4.16. The fraction of sp³-hybridized carbons (Fsp3) is 0.308. The van der Waals surface area contributed by atoms with Crippen LogP contribution in [-0.2, 0) is 12.7 Å². The fourth-order valence-electron chi connectivity index (χ4n) is 1.88. The minimum Gasteiger partial charge on any atom is -0.313 e. The SMILES string of the molecule is CCNCc1cnn(-c2ccccc2Cl)c1C(F)(F)F. The Bertz CT molecular complexity index is 593. The monoisotopic (exact) mass is 303 g/mol. The minimum absolute atomic E-state index is 0.0965. The number of hydrogen-bond donors (Lipinski definition) is 1. The van der Waals surface area contributed by atoms with E-state index in [0.29, 0.717) is 6.54 Å². The zero-order chi connectivity index (χ0) is 14.8. The second-order valence-corrected chi connectivity index (χ2v) is 4.57. The summed E-state index contributed by atoms with van der Waals surface area (Å²) in [5.74, 6) is 0. The topological polar surface area (TPSA) is 29.9 Å². The number of rotatable bonds is 4. The number of halogens is 4. The molecule has 20 heavy (non-hydrogen) atoms. The number of para-hydroxylation sites is 1. The molecular weight excluding hydrogens is 291 g/mol. The van der Waals surface area contributed by atoms with Gasteiger partial charge in [0.1, 0.15) is 0 Å². The van der Waals surface area contributed by atoms with Crippen LogP contribution in [0.15, 0.2) is 30.5 Å². The van der Waals surface area contributed by atoms with Crippen LogP contribution >= 0.6 is 11.6 Å². The summed E-state index contributed by atoms with van der Waals surface area (Å²) in [7, 11) is 0. The van der Waals surface area contributed by atoms with Crippen LogP contribution < -0.4 is 5.32 Å². The molecule has 0 aliphatic carbocycles. The van der Waals surface area contributed by atoms with E-state index in [9.17, 15) is 13.2 Å². The first-order chi connectivity index (χ1) is 9.45. The Morgan fingerprint density at radius 1 is 1.30 bits per heavy atom. The molecule has 0 fully saturated rings. The summed E-state index contributed by atoms with van der Waals surface area (Å²) < 4.78 is 40.6. The first-order valence-electron chi connectivity index (χ1n) is 6.05. The van der Waals surface area contributed by atoms with Gasteiger partial charge in [-0.15, -0.1) is 0 Å². The van der Waals surface area contributed by atoms with E-state index in [1.165, 1.54) is 18.3 Å². The molecule has 1 heterocycles. The molecule has 1 aromatic carbocycles. The smallest absolute Gasteiger partial charge is 0.313 e. The van der Waals surface area contributed by atoms with E-state index in [-0.39, 0.29) is 22.8 Å². The van der Waals surface area contributed by atoms with Gasteiger partial charge >= 0.3 is 6.18 Å². The molecule has 0 saturated heterocycles. The lowest BCUT2D eigenvalue weighted by molar-refractivity contribution is -0.143. The van der Waals surface area contributed by atoms with Gasteiger partial charge in [0.2, 0.25) is 0 Å². The number of hydrogen-bond acceptors (Lipinski definition) is 2. The normalized spacial score (nSPS) is 11.8. The largest absolute Gasteiger partial charge is 0.433 e. The van der Waals surface area contributed by atoms with E-state index >= 15 is 0 Å². The molecule has 1 aromatic heterocycles. The zero-order valence-electron chi connectivity index (χ0n) is 10.7. The summed E-state index contributed by atoms with van der Waals surface area (Å²) in [5, 5.41) is 6.93. The van der Waals surface area contributed by atoms with Gasteiger partial charge in [0.05, 0.1) is 16.9 Å². The molecule has 0 atom stereocenters. The third kappa shape index (κ3) is 2.96. The standard InChI is InChI=1S/C13H13ClF3N3/c1-2-18-7-9-8-19-20(12(9)13(15,16)17)11-6-4-3-5-10(11)14/h3-6,8,18H,2,7H2,1H3. The number of aromatic nitrogens is 2. The molecule has 0 saturated carbocycles. The Hall–Kier alpha value is -1.53. The van der Waals surface area contributed by atoms with E-state index in [1.54, 1.807) is 12.1 Å². The molecule has 0 aliphatic rings. The molecule has 2 aromatic rings. The Balaban J connectivity index is 2.54. The van der Waals surface area contributed by atoms with Gasteiger partial charge in [-0.05, 0) is 18.7 Å². The van der Waals surface area contributed by atoms with Gasteiger partial charge in [0.15, 0.2) is 5.69 Å². The van der Waals surface area contributed by atoms with Crippen LogP contribution in [0.4, 0.5) is 13.2 Å². The molecule has 0 radical (unpaired) electrons. The number of alkyl halides is 3. The van der Waals surface area contributed by atoms with Crippen molar-refractivity contribution in [2.45, 2.75) is 19.6 Å². The Kier molecular flexibility index (Phi) is 4.35. The maximum Gasteiger partial charge on any atom is 0.433 e. The third-order valence-electron chi connectivity index (χ3n) is 2.76. The van der Waals surface area contributed by atoms with Gasteiger partial charge in [-0.1, -0.05) is 30.7 Å². The lowest BCUT2D eigenvalue weighted by Crippen LogP contribution is -2.19. The third-order valence-corrected chi connectivity index (χ3v) is 3.08. The van der Waals surface area contributed by atoms with Crippen molar-refractivity contribution in [1.82, 2.24) is 15.1 Å². The lowest BCUT2D eigenvalue weighted by Gasteiger charge is -2.13. The molecule has 0 aliphatic heterocycles. The molecule has 0 unspecified atom stereocenters. The van der Waals surface area contributed by atoms with E-state index < -0.39 is 11.9 Å². The van der Waals surface area contributed by atoms with Crippen molar-refractivity contribution in [3.8, 4) is 5.69 Å². The first kappa shape index (κ1) is 14.9. The van der Waals surface area contributed by atoms with Gasteiger partial charge in [0, 0.05) is 12.1 Å². The highest BCUT2D eigenvalue weighted by Gasteiger charge is 2.38. The van der Waals surface area contributed by atoms with E-state index in [1.807, 2.05) is 6.92 Å². The summed E-state index contributed by atoms with van der Waals surface area (Å²) in [6.45, 7) is 2.51. The molecule has 1 N–H and O–H groups in total. The van der Waals surface area contributed by atoms with Crippen molar-refractivity contribution in [2.75, 3.05) is 6.54 Å². The highest BCUT2D eigenvalue weighted by molar-refractivity contribution is 6.32. The Morgan fingerprint density at radius 3 is 2.60 bits per heavy atom. The Labute approximate surface area is 119 Å². The molecule has 2 rings (SSSR count). The van der Waals surface area contributed by atoms with Crippen molar-refractivity contribution in [2.24, 2.45) is 0 Å². The van der Waals surface area contributed by atoms with Crippen LogP contribution in [0.5, 0.6) is 0 Å². The lowest BCUT2D eigenvalue weighted by atomic mass is 10.2. The molecule has 0 spiro atoms. The van der Waals surface area contributed by atoms with E-state index in [4.69, 9.17) is 11.6 Å². The van der Waals surface area contributed by atoms with Gasteiger partial charge in [0.25, 0.3) is 0 Å². The van der Waals surface area contributed by atoms with Crippen molar-refractivity contribution in [1.29, 1.82) is 0 Å². The van der Waals surface area contributed by atoms with Crippen LogP contribution in [0.3, 0.4) is 0 Å². The predicted molar refractivity (Wildman–Crippen MR) is 71.0 cm³/mol. The summed E-state index contributed by atoms with van der Waals surface area (Å²) in [5.41, 5.74) is -0.491. The zero-order valence-corrected chi connectivity index (χ0v) is 11.5. The summed E-state index contributed by atoms with van der Waals surface area (Å²) in [6.07, 6.45) is -3.28. The van der Waals surface area contributed by atoms with Crippen LogP contribution in [0.1, 0.15) is 18.2 Å². The summed E-state index contributed by atoms with van der Waals surface area (Å²) >= 11 is 5.95. The van der Waals surface area contributed by atoms with Gasteiger partial charge in [-0.2, -0.15) is 18.3 Å². The molecule has 108 valence electrons. The number of nitrogens with one attached hydrogen (secondary N) is 1. The summed E-state index contributed by atoms with van der Waals surface area (Å²) in [6, 6.07) is 6.31. The first-order valence-corrected chi connectivity index (χ1v) is 6.42. The molecule has 3 nitrogen and oxygen atoms in total. The minimum atomic E-state index is -4.50.